The van der Waals surface area contributed by atoms with Gasteiger partial charge in [0.05, 0.1) is 0 Å². The standard InChI is InChI=1S/C15H22N2O2/c1-11(2)9-17(13-5-6-13)15(18)10-19-14-7-3-12(16)4-8-14/h3-4,7-8,11,13H,5-6,9-10,16H2,1-2H3. The lowest BCUT2D eigenvalue weighted by Gasteiger charge is -2.24. The Balaban J connectivity index is 1.86. The number of carbonyl (C=O) groups is 1. The molecule has 0 aromatic heterocycles. The van der Waals surface area contributed by atoms with Gasteiger partial charge in [0.2, 0.25) is 0 Å². The maximum Gasteiger partial charge on any atom is 0.260 e. The predicted octanol–water partition coefficient (Wildman–Crippen LogP) is 2.29. The third kappa shape index (κ3) is 4.16. The maximum absolute atomic E-state index is 12.2. The third-order valence-corrected chi connectivity index (χ3v) is 3.11. The van der Waals surface area contributed by atoms with Gasteiger partial charge < -0.3 is 15.4 Å². The monoisotopic (exact) mass is 262 g/mol. The highest BCUT2D eigenvalue weighted by atomic mass is 16.5. The Morgan fingerprint density at radius 2 is 2.00 bits per heavy atom. The van der Waals surface area contributed by atoms with Gasteiger partial charge in [0.25, 0.3) is 5.91 Å². The Morgan fingerprint density at radius 3 is 2.53 bits per heavy atom. The lowest BCUT2D eigenvalue weighted by molar-refractivity contribution is -0.134. The molecule has 1 fully saturated rings. The van der Waals surface area contributed by atoms with Gasteiger partial charge in [-0.05, 0) is 43.0 Å². The summed E-state index contributed by atoms with van der Waals surface area (Å²) < 4.78 is 5.52. The molecule has 0 heterocycles. The number of rotatable bonds is 6. The van der Waals surface area contributed by atoms with Crippen LogP contribution >= 0.6 is 0 Å². The molecule has 4 heteroatoms. The number of nitrogen functional groups attached to an aromatic ring is 1. The first-order chi connectivity index (χ1) is 9.06. The van der Waals surface area contributed by atoms with Gasteiger partial charge in [-0.25, -0.2) is 0 Å². The van der Waals surface area contributed by atoms with Gasteiger partial charge in [-0.1, -0.05) is 13.8 Å². The molecule has 1 saturated carbocycles. The van der Waals surface area contributed by atoms with Crippen molar-refractivity contribution in [2.24, 2.45) is 5.92 Å². The fourth-order valence-corrected chi connectivity index (χ4v) is 2.03. The van der Waals surface area contributed by atoms with Gasteiger partial charge >= 0.3 is 0 Å². The maximum atomic E-state index is 12.2. The van der Waals surface area contributed by atoms with Crippen molar-refractivity contribution in [1.82, 2.24) is 4.90 Å². The summed E-state index contributed by atoms with van der Waals surface area (Å²) >= 11 is 0. The van der Waals surface area contributed by atoms with E-state index in [1.165, 1.54) is 0 Å². The van der Waals surface area contributed by atoms with E-state index in [0.29, 0.717) is 23.4 Å². The van der Waals surface area contributed by atoms with E-state index in [1.807, 2.05) is 4.90 Å². The fourth-order valence-electron chi connectivity index (χ4n) is 2.03. The SMILES string of the molecule is CC(C)CN(C(=O)COc1ccc(N)cc1)C1CC1. The minimum Gasteiger partial charge on any atom is -0.484 e. The topological polar surface area (TPSA) is 55.6 Å². The molecule has 1 aromatic rings. The average molecular weight is 262 g/mol. The first-order valence-corrected chi connectivity index (χ1v) is 6.84. The van der Waals surface area contributed by atoms with Crippen LogP contribution in [-0.2, 0) is 4.79 Å². The van der Waals surface area contributed by atoms with Crippen LogP contribution in [0, 0.1) is 5.92 Å². The highest BCUT2D eigenvalue weighted by Crippen LogP contribution is 2.27. The van der Waals surface area contributed by atoms with Crippen molar-refractivity contribution in [3.05, 3.63) is 24.3 Å². The Labute approximate surface area is 114 Å². The minimum absolute atomic E-state index is 0.0769. The van der Waals surface area contributed by atoms with Gasteiger partial charge in [0.15, 0.2) is 6.61 Å². The molecule has 0 bridgehead atoms. The van der Waals surface area contributed by atoms with Crippen LogP contribution < -0.4 is 10.5 Å². The lowest BCUT2D eigenvalue weighted by atomic mass is 10.2. The molecule has 0 aliphatic heterocycles. The van der Waals surface area contributed by atoms with Gasteiger partial charge in [0, 0.05) is 18.3 Å². The predicted molar refractivity (Wildman–Crippen MR) is 75.9 cm³/mol. The molecule has 0 spiro atoms. The van der Waals surface area contributed by atoms with Gasteiger partial charge in [0.1, 0.15) is 5.75 Å². The van der Waals surface area contributed by atoms with E-state index in [1.54, 1.807) is 24.3 Å². The first kappa shape index (κ1) is 13.7. The fraction of sp³-hybridized carbons (Fsp3) is 0.533. The van der Waals surface area contributed by atoms with Crippen LogP contribution in [0.3, 0.4) is 0 Å². The summed E-state index contributed by atoms with van der Waals surface area (Å²) in [6, 6.07) is 7.54. The Kier molecular flexibility index (Phi) is 4.30. The van der Waals surface area contributed by atoms with E-state index < -0.39 is 0 Å². The summed E-state index contributed by atoms with van der Waals surface area (Å²) in [5.41, 5.74) is 6.30. The van der Waals surface area contributed by atoms with E-state index in [4.69, 9.17) is 10.5 Å². The second kappa shape index (κ2) is 5.95. The molecule has 0 unspecified atom stereocenters. The van der Waals surface area contributed by atoms with E-state index in [2.05, 4.69) is 13.8 Å². The molecule has 0 radical (unpaired) electrons. The van der Waals surface area contributed by atoms with Crippen LogP contribution in [0.15, 0.2) is 24.3 Å². The van der Waals surface area contributed by atoms with Crippen LogP contribution in [0.4, 0.5) is 5.69 Å². The normalized spacial score (nSPS) is 14.5. The second-order valence-electron chi connectivity index (χ2n) is 5.53. The van der Waals surface area contributed by atoms with Crippen molar-refractivity contribution in [3.63, 3.8) is 0 Å². The van der Waals surface area contributed by atoms with Crippen LogP contribution in [0.2, 0.25) is 0 Å². The summed E-state index contributed by atoms with van der Waals surface area (Å²) in [6.07, 6.45) is 2.25. The first-order valence-electron chi connectivity index (χ1n) is 6.84. The summed E-state index contributed by atoms with van der Waals surface area (Å²) in [7, 11) is 0. The molecule has 104 valence electrons. The number of amides is 1. The molecule has 1 aromatic carbocycles. The minimum atomic E-state index is 0.0769. The molecule has 19 heavy (non-hydrogen) atoms. The molecule has 2 rings (SSSR count). The van der Waals surface area contributed by atoms with Crippen LogP contribution in [0.5, 0.6) is 5.75 Å². The second-order valence-corrected chi connectivity index (χ2v) is 5.53. The van der Waals surface area contributed by atoms with Crippen molar-refractivity contribution >= 4 is 11.6 Å². The molecule has 4 nitrogen and oxygen atoms in total. The number of benzene rings is 1. The zero-order valence-electron chi connectivity index (χ0n) is 11.6. The van der Waals surface area contributed by atoms with E-state index >= 15 is 0 Å². The number of nitrogens with zero attached hydrogens (tertiary/aromatic N) is 1. The molecule has 1 aliphatic carbocycles. The Bertz CT molecular complexity index is 424. The zero-order valence-corrected chi connectivity index (χ0v) is 11.6. The highest BCUT2D eigenvalue weighted by molar-refractivity contribution is 5.78. The average Bonchev–Trinajstić information content (AvgIpc) is 3.19. The zero-order chi connectivity index (χ0) is 13.8. The van der Waals surface area contributed by atoms with E-state index in [-0.39, 0.29) is 12.5 Å². The van der Waals surface area contributed by atoms with E-state index in [9.17, 15) is 4.79 Å². The van der Waals surface area contributed by atoms with Gasteiger partial charge in [-0.15, -0.1) is 0 Å². The van der Waals surface area contributed by atoms with Crippen LogP contribution in [0.25, 0.3) is 0 Å². The molecule has 1 amide bonds. The van der Waals surface area contributed by atoms with Crippen molar-refractivity contribution < 1.29 is 9.53 Å². The highest BCUT2D eigenvalue weighted by Gasteiger charge is 2.32. The van der Waals surface area contributed by atoms with Crippen LogP contribution in [-0.4, -0.2) is 30.0 Å². The van der Waals surface area contributed by atoms with Crippen LogP contribution in [0.1, 0.15) is 26.7 Å². The molecular formula is C15H22N2O2. The molecule has 2 N–H and O–H groups in total. The number of ether oxygens (including phenoxy) is 1. The lowest BCUT2D eigenvalue weighted by Crippen LogP contribution is -2.39. The summed E-state index contributed by atoms with van der Waals surface area (Å²) in [4.78, 5) is 14.1. The summed E-state index contributed by atoms with van der Waals surface area (Å²) in [5, 5.41) is 0. The van der Waals surface area contributed by atoms with Crippen molar-refractivity contribution in [2.45, 2.75) is 32.7 Å². The molecular weight excluding hydrogens is 240 g/mol. The molecule has 0 saturated heterocycles. The van der Waals surface area contributed by atoms with Crippen molar-refractivity contribution in [2.75, 3.05) is 18.9 Å². The smallest absolute Gasteiger partial charge is 0.260 e. The number of anilines is 1. The summed E-state index contributed by atoms with van der Waals surface area (Å²) in [5.74, 6) is 1.25. The Morgan fingerprint density at radius 1 is 1.37 bits per heavy atom. The number of nitrogens with two attached hydrogens (primary N) is 1. The Hall–Kier alpha value is -1.71. The van der Waals surface area contributed by atoms with Crippen molar-refractivity contribution in [1.29, 1.82) is 0 Å². The summed E-state index contributed by atoms with van der Waals surface area (Å²) in [6.45, 7) is 5.18. The number of hydrogen-bond donors (Lipinski definition) is 1. The van der Waals surface area contributed by atoms with E-state index in [0.717, 1.165) is 19.4 Å². The molecule has 1 aliphatic rings. The third-order valence-electron chi connectivity index (χ3n) is 3.11. The number of hydrogen-bond acceptors (Lipinski definition) is 3. The molecule has 0 atom stereocenters. The van der Waals surface area contributed by atoms with Gasteiger partial charge in [-0.2, -0.15) is 0 Å². The number of carbonyl (C=O) groups excluding carboxylic acids is 1. The van der Waals surface area contributed by atoms with Crippen molar-refractivity contribution in [3.8, 4) is 5.75 Å². The largest absolute Gasteiger partial charge is 0.484 e. The van der Waals surface area contributed by atoms with Gasteiger partial charge in [-0.3, -0.25) is 4.79 Å². The quantitative estimate of drug-likeness (QED) is 0.800.